The van der Waals surface area contributed by atoms with Crippen molar-refractivity contribution >= 4 is 40.1 Å². The Bertz CT molecular complexity index is 766. The van der Waals surface area contributed by atoms with Gasteiger partial charge in [-0.05, 0) is 43.9 Å². The van der Waals surface area contributed by atoms with E-state index >= 15 is 0 Å². The van der Waals surface area contributed by atoms with Crippen LogP contribution in [0.1, 0.15) is 31.0 Å². The minimum Gasteiger partial charge on any atom is -0.465 e. The van der Waals surface area contributed by atoms with Crippen LogP contribution in [0.5, 0.6) is 0 Å². The normalized spacial score (nSPS) is 20.1. The topological polar surface area (TPSA) is 42.1 Å². The molecule has 1 aromatic carbocycles. The highest BCUT2D eigenvalue weighted by atomic mass is 35.5. The number of aromatic nitrogens is 1. The summed E-state index contributed by atoms with van der Waals surface area (Å²) in [6.45, 7) is 5.97. The van der Waals surface area contributed by atoms with Gasteiger partial charge in [0.1, 0.15) is 5.41 Å². The molecular weight excluding hydrogens is 321 g/mol. The van der Waals surface area contributed by atoms with Gasteiger partial charge in [0.2, 0.25) is 0 Å². The molecule has 1 N–H and O–H groups in total. The first-order valence-electron chi connectivity index (χ1n) is 7.32. The zero-order chi connectivity index (χ0) is 15.9. The summed E-state index contributed by atoms with van der Waals surface area (Å²) in [5.74, 6) is -0.215. The van der Waals surface area contributed by atoms with E-state index in [1.54, 1.807) is 18.2 Å². The molecule has 1 heterocycles. The molecule has 1 unspecified atom stereocenters. The van der Waals surface area contributed by atoms with Crippen LogP contribution < -0.4 is 0 Å². The van der Waals surface area contributed by atoms with Gasteiger partial charge in [-0.1, -0.05) is 29.3 Å². The molecule has 0 bridgehead atoms. The molecule has 0 saturated heterocycles. The Morgan fingerprint density at radius 1 is 1.45 bits per heavy atom. The SMILES string of the molecule is C=CCC1(C(=O)OCC)CCc2c1[nH]c1c(Cl)ccc(Cl)c21. The maximum Gasteiger partial charge on any atom is 0.318 e. The van der Waals surface area contributed by atoms with Crippen LogP contribution in [0, 0.1) is 0 Å². The molecular formula is C17H17Cl2NO2. The van der Waals surface area contributed by atoms with E-state index in [-0.39, 0.29) is 5.97 Å². The summed E-state index contributed by atoms with van der Waals surface area (Å²) < 4.78 is 5.32. The van der Waals surface area contributed by atoms with Crippen molar-refractivity contribution in [2.45, 2.75) is 31.6 Å². The van der Waals surface area contributed by atoms with Crippen molar-refractivity contribution in [3.63, 3.8) is 0 Å². The molecule has 1 aliphatic rings. The zero-order valence-electron chi connectivity index (χ0n) is 12.3. The van der Waals surface area contributed by atoms with Gasteiger partial charge >= 0.3 is 5.97 Å². The number of carbonyl (C=O) groups excluding carboxylic acids is 1. The first kappa shape index (κ1) is 15.4. The predicted octanol–water partition coefficient (Wildman–Crippen LogP) is 4.80. The molecule has 5 heteroatoms. The van der Waals surface area contributed by atoms with Gasteiger partial charge in [-0.25, -0.2) is 0 Å². The number of allylic oxidation sites excluding steroid dienone is 1. The van der Waals surface area contributed by atoms with Gasteiger partial charge in [-0.3, -0.25) is 4.79 Å². The van der Waals surface area contributed by atoms with Gasteiger partial charge in [0.05, 0.1) is 22.2 Å². The Kier molecular flexibility index (Phi) is 3.96. The van der Waals surface area contributed by atoms with E-state index in [0.717, 1.165) is 28.6 Å². The number of hydrogen-bond donors (Lipinski definition) is 1. The van der Waals surface area contributed by atoms with Crippen molar-refractivity contribution < 1.29 is 9.53 Å². The number of hydrogen-bond acceptors (Lipinski definition) is 2. The Hall–Kier alpha value is -1.45. The molecule has 0 amide bonds. The smallest absolute Gasteiger partial charge is 0.318 e. The lowest BCUT2D eigenvalue weighted by Gasteiger charge is -2.25. The van der Waals surface area contributed by atoms with E-state index in [0.29, 0.717) is 29.5 Å². The zero-order valence-corrected chi connectivity index (χ0v) is 13.9. The molecule has 1 aliphatic carbocycles. The van der Waals surface area contributed by atoms with E-state index in [9.17, 15) is 4.79 Å². The number of fused-ring (bicyclic) bond motifs is 3. The minimum atomic E-state index is -0.710. The molecule has 0 fully saturated rings. The first-order valence-corrected chi connectivity index (χ1v) is 8.08. The van der Waals surface area contributed by atoms with Gasteiger partial charge in [0.15, 0.2) is 0 Å². The van der Waals surface area contributed by atoms with Crippen molar-refractivity contribution in [3.8, 4) is 0 Å². The van der Waals surface area contributed by atoms with Crippen LogP contribution in [0.15, 0.2) is 24.8 Å². The molecule has 0 spiro atoms. The van der Waals surface area contributed by atoms with E-state index in [2.05, 4.69) is 11.6 Å². The summed E-state index contributed by atoms with van der Waals surface area (Å²) >= 11 is 12.6. The molecule has 3 nitrogen and oxygen atoms in total. The van der Waals surface area contributed by atoms with Crippen LogP contribution in [0.2, 0.25) is 10.0 Å². The van der Waals surface area contributed by atoms with Gasteiger partial charge < -0.3 is 9.72 Å². The number of aryl methyl sites for hydroxylation is 1. The van der Waals surface area contributed by atoms with Gasteiger partial charge in [-0.15, -0.1) is 6.58 Å². The first-order chi connectivity index (χ1) is 10.5. The fourth-order valence-electron chi connectivity index (χ4n) is 3.42. The summed E-state index contributed by atoms with van der Waals surface area (Å²) in [4.78, 5) is 15.9. The number of rotatable bonds is 4. The second-order valence-corrected chi connectivity index (χ2v) is 6.37. The molecule has 0 saturated carbocycles. The van der Waals surface area contributed by atoms with Crippen LogP contribution in [-0.2, 0) is 21.4 Å². The summed E-state index contributed by atoms with van der Waals surface area (Å²) in [6.07, 6.45) is 3.75. The Morgan fingerprint density at radius 3 is 2.86 bits per heavy atom. The fraction of sp³-hybridized carbons (Fsp3) is 0.353. The van der Waals surface area contributed by atoms with Crippen molar-refractivity contribution in [3.05, 3.63) is 46.1 Å². The quantitative estimate of drug-likeness (QED) is 0.643. The largest absolute Gasteiger partial charge is 0.465 e. The number of esters is 1. The Morgan fingerprint density at radius 2 is 2.18 bits per heavy atom. The summed E-state index contributed by atoms with van der Waals surface area (Å²) in [6, 6.07) is 3.55. The van der Waals surface area contributed by atoms with Crippen LogP contribution >= 0.6 is 23.2 Å². The number of benzene rings is 1. The van der Waals surface area contributed by atoms with Crippen LogP contribution in [0.3, 0.4) is 0 Å². The maximum atomic E-state index is 12.6. The van der Waals surface area contributed by atoms with Crippen molar-refractivity contribution in [1.29, 1.82) is 0 Å². The Labute approximate surface area is 139 Å². The monoisotopic (exact) mass is 337 g/mol. The number of halogens is 2. The van der Waals surface area contributed by atoms with Crippen LogP contribution in [-0.4, -0.2) is 17.6 Å². The van der Waals surface area contributed by atoms with Gasteiger partial charge in [0.25, 0.3) is 0 Å². The number of nitrogens with one attached hydrogen (secondary N) is 1. The highest BCUT2D eigenvalue weighted by Crippen LogP contribution is 2.47. The number of aromatic amines is 1. The summed E-state index contributed by atoms with van der Waals surface area (Å²) in [5.41, 5.74) is 2.02. The van der Waals surface area contributed by atoms with E-state index in [1.807, 2.05) is 6.92 Å². The number of carbonyl (C=O) groups is 1. The van der Waals surface area contributed by atoms with E-state index in [1.165, 1.54) is 0 Å². The lowest BCUT2D eigenvalue weighted by atomic mass is 9.82. The van der Waals surface area contributed by atoms with E-state index in [4.69, 9.17) is 27.9 Å². The maximum absolute atomic E-state index is 12.6. The van der Waals surface area contributed by atoms with Gasteiger partial charge in [0, 0.05) is 11.1 Å². The van der Waals surface area contributed by atoms with Gasteiger partial charge in [-0.2, -0.15) is 0 Å². The molecule has 1 atom stereocenters. The average molecular weight is 338 g/mol. The molecule has 0 radical (unpaired) electrons. The molecule has 2 aromatic rings. The highest BCUT2D eigenvalue weighted by molar-refractivity contribution is 6.40. The molecule has 116 valence electrons. The fourth-order valence-corrected chi connectivity index (χ4v) is 3.90. The van der Waals surface area contributed by atoms with E-state index < -0.39 is 5.41 Å². The molecule has 3 rings (SSSR count). The van der Waals surface area contributed by atoms with Crippen LogP contribution in [0.25, 0.3) is 10.9 Å². The molecule has 0 aliphatic heterocycles. The minimum absolute atomic E-state index is 0.215. The number of H-pyrrole nitrogens is 1. The lowest BCUT2D eigenvalue weighted by molar-refractivity contribution is -0.150. The molecule has 22 heavy (non-hydrogen) atoms. The third-order valence-electron chi connectivity index (χ3n) is 4.40. The lowest BCUT2D eigenvalue weighted by Crippen LogP contribution is -2.35. The third kappa shape index (κ3) is 2.07. The van der Waals surface area contributed by atoms with Crippen molar-refractivity contribution in [2.75, 3.05) is 6.61 Å². The number of ether oxygens (including phenoxy) is 1. The third-order valence-corrected chi connectivity index (χ3v) is 5.03. The summed E-state index contributed by atoms with van der Waals surface area (Å²) in [5, 5.41) is 2.17. The van der Waals surface area contributed by atoms with Crippen LogP contribution in [0.4, 0.5) is 0 Å². The standard InChI is InChI=1S/C17H17Cl2NO2/c1-3-8-17(16(21)22-4-2)9-7-10-13-11(18)5-6-12(19)14(13)20-15(10)17/h3,5-6,20H,1,4,7-9H2,2H3. The summed E-state index contributed by atoms with van der Waals surface area (Å²) in [7, 11) is 0. The predicted molar refractivity (Wildman–Crippen MR) is 89.8 cm³/mol. The van der Waals surface area contributed by atoms with Crippen molar-refractivity contribution in [1.82, 2.24) is 4.98 Å². The second kappa shape index (κ2) is 5.64. The van der Waals surface area contributed by atoms with Crippen molar-refractivity contribution in [2.24, 2.45) is 0 Å². The Balaban J connectivity index is 2.25. The average Bonchev–Trinajstić information content (AvgIpc) is 3.03. The highest BCUT2D eigenvalue weighted by Gasteiger charge is 2.48. The second-order valence-electron chi connectivity index (χ2n) is 5.55. The molecule has 1 aromatic heterocycles.